The summed E-state index contributed by atoms with van der Waals surface area (Å²) in [7, 11) is -3.95. The van der Waals surface area contributed by atoms with E-state index in [0.29, 0.717) is 13.2 Å². The molecule has 3 nitrogen and oxygen atoms in total. The Morgan fingerprint density at radius 2 is 1.17 bits per heavy atom. The molecular weight excluding hydrogens is 320 g/mol. The number of hydrogen-bond donors (Lipinski definition) is 0. The lowest BCUT2D eigenvalue weighted by Gasteiger charge is -2.44. The Bertz CT molecular complexity index is 362. The molecule has 0 aliphatic carbocycles. The molecular formula is C18H38O3Si2. The molecule has 0 saturated carbocycles. The van der Waals surface area contributed by atoms with Crippen LogP contribution < -0.4 is 0 Å². The van der Waals surface area contributed by atoms with E-state index in [0.717, 1.165) is 24.0 Å². The fourth-order valence-corrected chi connectivity index (χ4v) is 12.1. The average molecular weight is 359 g/mol. The SMILES string of the molecule is C=C(C)COC(CC)[Si](C)(O[Si](C)(C)C)C(CC)OCC(=C)C. The number of rotatable bonds is 12. The average Bonchev–Trinajstić information content (AvgIpc) is 2.36. The van der Waals surface area contributed by atoms with Crippen molar-refractivity contribution in [1.29, 1.82) is 0 Å². The van der Waals surface area contributed by atoms with Gasteiger partial charge in [0.25, 0.3) is 0 Å². The van der Waals surface area contributed by atoms with Gasteiger partial charge in [0.1, 0.15) is 0 Å². The molecule has 0 rings (SSSR count). The molecule has 5 heteroatoms. The Balaban J connectivity index is 5.46. The normalized spacial score (nSPS) is 17.4. The van der Waals surface area contributed by atoms with Gasteiger partial charge in [-0.05, 0) is 52.9 Å². The highest BCUT2D eigenvalue weighted by molar-refractivity contribution is 6.86. The third kappa shape index (κ3) is 8.45. The maximum atomic E-state index is 6.76. The van der Waals surface area contributed by atoms with Gasteiger partial charge in [0.2, 0.25) is 8.32 Å². The summed E-state index contributed by atoms with van der Waals surface area (Å²) >= 11 is 0. The van der Waals surface area contributed by atoms with Gasteiger partial charge >= 0.3 is 0 Å². The predicted molar refractivity (Wildman–Crippen MR) is 106 cm³/mol. The van der Waals surface area contributed by atoms with E-state index in [1.54, 1.807) is 0 Å². The Hall–Kier alpha value is -0.206. The molecule has 0 amide bonds. The van der Waals surface area contributed by atoms with Crippen LogP contribution in [0.2, 0.25) is 26.2 Å². The van der Waals surface area contributed by atoms with Crippen LogP contribution in [0.15, 0.2) is 24.3 Å². The summed E-state index contributed by atoms with van der Waals surface area (Å²) in [5.74, 6) is 0. The van der Waals surface area contributed by atoms with Crippen LogP contribution in [0.25, 0.3) is 0 Å². The molecule has 0 spiro atoms. The lowest BCUT2D eigenvalue weighted by molar-refractivity contribution is 0.0646. The largest absolute Gasteiger partial charge is 0.453 e. The Labute approximate surface area is 146 Å². The summed E-state index contributed by atoms with van der Waals surface area (Å²) in [6.45, 7) is 26.5. The summed E-state index contributed by atoms with van der Waals surface area (Å²) in [6.07, 6.45) is 1.88. The van der Waals surface area contributed by atoms with Crippen molar-refractivity contribution >= 4 is 16.6 Å². The van der Waals surface area contributed by atoms with Crippen molar-refractivity contribution in [2.24, 2.45) is 0 Å². The van der Waals surface area contributed by atoms with Gasteiger partial charge in [0, 0.05) is 0 Å². The summed E-state index contributed by atoms with van der Waals surface area (Å²) in [6, 6.07) is 0. The van der Waals surface area contributed by atoms with Gasteiger partial charge < -0.3 is 13.6 Å². The standard InChI is InChI=1S/C18H38O3Si2/c1-11-17(19-13-15(3)4)23(10,21-22(7,8)9)18(12-2)20-14-16(5)6/h17-18H,3,5,11-14H2,1-2,4,6-10H3. The highest BCUT2D eigenvalue weighted by atomic mass is 28.4. The van der Waals surface area contributed by atoms with Crippen LogP contribution in [-0.2, 0) is 13.6 Å². The first kappa shape index (κ1) is 22.8. The molecule has 0 N–H and O–H groups in total. The molecule has 0 aromatic rings. The van der Waals surface area contributed by atoms with E-state index in [4.69, 9.17) is 13.6 Å². The lowest BCUT2D eigenvalue weighted by Crippen LogP contribution is -2.63. The van der Waals surface area contributed by atoms with E-state index in [-0.39, 0.29) is 11.5 Å². The third-order valence-electron chi connectivity index (χ3n) is 3.61. The van der Waals surface area contributed by atoms with Gasteiger partial charge in [-0.25, -0.2) is 0 Å². The van der Waals surface area contributed by atoms with Gasteiger partial charge in [-0.1, -0.05) is 38.2 Å². The highest BCUT2D eigenvalue weighted by Crippen LogP contribution is 2.29. The topological polar surface area (TPSA) is 27.7 Å². The van der Waals surface area contributed by atoms with E-state index >= 15 is 0 Å². The van der Waals surface area contributed by atoms with Crippen molar-refractivity contribution in [1.82, 2.24) is 0 Å². The van der Waals surface area contributed by atoms with E-state index in [1.807, 2.05) is 13.8 Å². The zero-order chi connectivity index (χ0) is 18.3. The first-order valence-electron chi connectivity index (χ1n) is 8.68. The molecule has 0 aromatic carbocycles. The van der Waals surface area contributed by atoms with Crippen molar-refractivity contribution < 1.29 is 13.6 Å². The lowest BCUT2D eigenvalue weighted by atomic mass is 10.4. The minimum absolute atomic E-state index is 0.112. The number of hydrogen-bond acceptors (Lipinski definition) is 3. The molecule has 23 heavy (non-hydrogen) atoms. The van der Waals surface area contributed by atoms with Crippen molar-refractivity contribution in [3.05, 3.63) is 24.3 Å². The summed E-state index contributed by atoms with van der Waals surface area (Å²) < 4.78 is 19.2. The molecule has 0 aliphatic heterocycles. The molecule has 0 saturated heterocycles. The Morgan fingerprint density at radius 1 is 0.826 bits per heavy atom. The van der Waals surface area contributed by atoms with E-state index < -0.39 is 16.6 Å². The molecule has 2 atom stereocenters. The summed E-state index contributed by atoms with van der Waals surface area (Å²) in [5.41, 5.74) is 2.31. The summed E-state index contributed by atoms with van der Waals surface area (Å²) in [4.78, 5) is 0. The van der Waals surface area contributed by atoms with E-state index in [9.17, 15) is 0 Å². The van der Waals surface area contributed by atoms with Gasteiger partial charge in [0.15, 0.2) is 8.32 Å². The van der Waals surface area contributed by atoms with E-state index in [1.165, 1.54) is 0 Å². The fraction of sp³-hybridized carbons (Fsp3) is 0.778. The third-order valence-corrected chi connectivity index (χ3v) is 11.5. The van der Waals surface area contributed by atoms with Crippen LogP contribution in [-0.4, -0.2) is 41.3 Å². The first-order chi connectivity index (χ1) is 10.5. The highest BCUT2D eigenvalue weighted by Gasteiger charge is 2.48. The molecule has 0 bridgehead atoms. The van der Waals surface area contributed by atoms with Crippen molar-refractivity contribution in [2.45, 2.75) is 78.2 Å². The fourth-order valence-electron chi connectivity index (χ4n) is 2.86. The van der Waals surface area contributed by atoms with E-state index in [2.05, 4.69) is 53.2 Å². The second-order valence-electron chi connectivity index (χ2n) is 7.73. The Morgan fingerprint density at radius 3 is 1.39 bits per heavy atom. The van der Waals surface area contributed by atoms with Crippen LogP contribution in [0.1, 0.15) is 40.5 Å². The molecule has 0 aromatic heterocycles. The van der Waals surface area contributed by atoms with Gasteiger partial charge in [-0.15, -0.1) is 0 Å². The molecule has 0 heterocycles. The van der Waals surface area contributed by atoms with Crippen molar-refractivity contribution in [3.63, 3.8) is 0 Å². The minimum atomic E-state index is -2.24. The monoisotopic (exact) mass is 358 g/mol. The zero-order valence-corrected chi connectivity index (χ0v) is 18.6. The summed E-state index contributed by atoms with van der Waals surface area (Å²) in [5, 5.41) is 0. The number of ether oxygens (including phenoxy) is 2. The van der Waals surface area contributed by atoms with Crippen molar-refractivity contribution in [2.75, 3.05) is 13.2 Å². The first-order valence-corrected chi connectivity index (χ1v) is 14.7. The molecule has 0 radical (unpaired) electrons. The molecule has 0 fully saturated rings. The van der Waals surface area contributed by atoms with Gasteiger partial charge in [0.05, 0.1) is 24.7 Å². The van der Waals surface area contributed by atoms with Crippen molar-refractivity contribution in [3.8, 4) is 0 Å². The van der Waals surface area contributed by atoms with Gasteiger partial charge in [-0.2, -0.15) is 0 Å². The molecule has 0 aliphatic rings. The second kappa shape index (κ2) is 9.94. The zero-order valence-electron chi connectivity index (χ0n) is 16.6. The Kier molecular flexibility index (Phi) is 9.85. The van der Waals surface area contributed by atoms with Gasteiger partial charge in [-0.3, -0.25) is 0 Å². The predicted octanol–water partition coefficient (Wildman–Crippen LogP) is 5.23. The van der Waals surface area contributed by atoms with Crippen LogP contribution in [0.3, 0.4) is 0 Å². The second-order valence-corrected chi connectivity index (χ2v) is 16.4. The van der Waals surface area contributed by atoms with Crippen LogP contribution in [0.4, 0.5) is 0 Å². The maximum Gasteiger partial charge on any atom is 0.235 e. The van der Waals surface area contributed by atoms with Crippen LogP contribution >= 0.6 is 0 Å². The molecule has 136 valence electrons. The quantitative estimate of drug-likeness (QED) is 0.353. The molecule has 2 unspecified atom stereocenters. The van der Waals surface area contributed by atoms with Crippen LogP contribution in [0, 0.1) is 0 Å². The van der Waals surface area contributed by atoms with Crippen LogP contribution in [0.5, 0.6) is 0 Å². The smallest absolute Gasteiger partial charge is 0.235 e. The minimum Gasteiger partial charge on any atom is -0.453 e. The maximum absolute atomic E-state index is 6.76.